The van der Waals surface area contributed by atoms with E-state index in [-0.39, 0.29) is 12.5 Å². The lowest BCUT2D eigenvalue weighted by atomic mass is 10.1. The fourth-order valence-corrected chi connectivity index (χ4v) is 1.82. The SMILES string of the molecule is NC(=O)Nc1ccc(C(=O)NCC2(C(=O)O)CC2)cc1. The van der Waals surface area contributed by atoms with E-state index in [0.717, 1.165) is 0 Å². The lowest BCUT2D eigenvalue weighted by Crippen LogP contribution is -2.34. The number of nitrogens with one attached hydrogen (secondary N) is 2. The summed E-state index contributed by atoms with van der Waals surface area (Å²) < 4.78 is 0. The van der Waals surface area contributed by atoms with Crippen LogP contribution in [0.4, 0.5) is 10.5 Å². The molecule has 7 nitrogen and oxygen atoms in total. The van der Waals surface area contributed by atoms with Crippen molar-refractivity contribution in [3.05, 3.63) is 29.8 Å². The largest absolute Gasteiger partial charge is 0.481 e. The van der Waals surface area contributed by atoms with E-state index in [2.05, 4.69) is 10.6 Å². The van der Waals surface area contributed by atoms with Crippen LogP contribution in [0.15, 0.2) is 24.3 Å². The fourth-order valence-electron chi connectivity index (χ4n) is 1.82. The van der Waals surface area contributed by atoms with Gasteiger partial charge in [0.25, 0.3) is 5.91 Å². The minimum absolute atomic E-state index is 0.127. The second kappa shape index (κ2) is 5.20. The van der Waals surface area contributed by atoms with Crippen LogP contribution in [0.3, 0.4) is 0 Å². The molecule has 0 aromatic heterocycles. The van der Waals surface area contributed by atoms with Gasteiger partial charge in [-0.3, -0.25) is 9.59 Å². The van der Waals surface area contributed by atoms with Crippen LogP contribution in [0.1, 0.15) is 23.2 Å². The molecular weight excluding hydrogens is 262 g/mol. The van der Waals surface area contributed by atoms with Crippen molar-refractivity contribution in [2.24, 2.45) is 11.1 Å². The molecule has 0 spiro atoms. The molecule has 0 unspecified atom stereocenters. The van der Waals surface area contributed by atoms with Crippen molar-refractivity contribution < 1.29 is 19.5 Å². The van der Waals surface area contributed by atoms with E-state index < -0.39 is 17.4 Å². The maximum atomic E-state index is 11.9. The fraction of sp³-hybridized carbons (Fsp3) is 0.308. The Labute approximate surface area is 115 Å². The predicted octanol–water partition coefficient (Wildman–Crippen LogP) is 0.772. The van der Waals surface area contributed by atoms with Crippen LogP contribution in [0.25, 0.3) is 0 Å². The molecule has 0 radical (unpaired) electrons. The van der Waals surface area contributed by atoms with E-state index in [4.69, 9.17) is 10.8 Å². The number of anilines is 1. The molecule has 1 aliphatic carbocycles. The normalized spacial score (nSPS) is 15.2. The number of carbonyl (C=O) groups is 3. The third-order valence-electron chi connectivity index (χ3n) is 3.31. The van der Waals surface area contributed by atoms with Crippen LogP contribution < -0.4 is 16.4 Å². The molecule has 5 N–H and O–H groups in total. The van der Waals surface area contributed by atoms with Gasteiger partial charge in [0, 0.05) is 17.8 Å². The van der Waals surface area contributed by atoms with Gasteiger partial charge in [0.2, 0.25) is 0 Å². The number of benzene rings is 1. The van der Waals surface area contributed by atoms with Crippen molar-refractivity contribution in [3.63, 3.8) is 0 Å². The number of carbonyl (C=O) groups excluding carboxylic acids is 2. The second-order valence-corrected chi connectivity index (χ2v) is 4.83. The number of nitrogens with two attached hydrogens (primary N) is 1. The Hall–Kier alpha value is -2.57. The number of rotatable bonds is 5. The molecule has 0 atom stereocenters. The van der Waals surface area contributed by atoms with E-state index in [1.54, 1.807) is 12.1 Å². The number of carboxylic acids is 1. The molecule has 0 saturated heterocycles. The molecule has 1 fully saturated rings. The maximum absolute atomic E-state index is 11.9. The Morgan fingerprint density at radius 1 is 1.20 bits per heavy atom. The number of urea groups is 1. The predicted molar refractivity (Wildman–Crippen MR) is 71.3 cm³/mol. The molecule has 3 amide bonds. The van der Waals surface area contributed by atoms with E-state index in [1.807, 2.05) is 0 Å². The summed E-state index contributed by atoms with van der Waals surface area (Å²) in [6.07, 6.45) is 1.17. The van der Waals surface area contributed by atoms with Gasteiger partial charge in [-0.25, -0.2) is 4.79 Å². The Morgan fingerprint density at radius 3 is 2.25 bits per heavy atom. The maximum Gasteiger partial charge on any atom is 0.316 e. The highest BCUT2D eigenvalue weighted by Gasteiger charge is 2.50. The van der Waals surface area contributed by atoms with E-state index in [9.17, 15) is 14.4 Å². The summed E-state index contributed by atoms with van der Waals surface area (Å²) in [6.45, 7) is 0.127. The van der Waals surface area contributed by atoms with Crippen molar-refractivity contribution in [1.29, 1.82) is 0 Å². The van der Waals surface area contributed by atoms with Gasteiger partial charge >= 0.3 is 12.0 Å². The van der Waals surface area contributed by atoms with Gasteiger partial charge < -0.3 is 21.5 Å². The molecule has 7 heteroatoms. The van der Waals surface area contributed by atoms with Crippen LogP contribution in [-0.2, 0) is 4.79 Å². The molecular formula is C13H15N3O4. The zero-order chi connectivity index (χ0) is 14.8. The smallest absolute Gasteiger partial charge is 0.316 e. The van der Waals surface area contributed by atoms with Gasteiger partial charge in [0.15, 0.2) is 0 Å². The lowest BCUT2D eigenvalue weighted by molar-refractivity contribution is -0.143. The van der Waals surface area contributed by atoms with Crippen molar-refractivity contribution in [3.8, 4) is 0 Å². The Bertz CT molecular complexity index is 549. The average Bonchev–Trinajstić information content (AvgIpc) is 3.17. The Kier molecular flexibility index (Phi) is 3.60. The third kappa shape index (κ3) is 3.05. The van der Waals surface area contributed by atoms with Crippen LogP contribution in [0.5, 0.6) is 0 Å². The molecule has 20 heavy (non-hydrogen) atoms. The first-order chi connectivity index (χ1) is 9.43. The van der Waals surface area contributed by atoms with Gasteiger partial charge in [0.1, 0.15) is 0 Å². The zero-order valence-electron chi connectivity index (χ0n) is 10.7. The monoisotopic (exact) mass is 277 g/mol. The van der Waals surface area contributed by atoms with Gasteiger partial charge in [-0.2, -0.15) is 0 Å². The molecule has 0 bridgehead atoms. The highest BCUT2D eigenvalue weighted by atomic mass is 16.4. The molecule has 1 aliphatic rings. The van der Waals surface area contributed by atoms with Gasteiger partial charge in [-0.05, 0) is 37.1 Å². The summed E-state index contributed by atoms with van der Waals surface area (Å²) in [5, 5.41) is 14.0. The number of hydrogen-bond donors (Lipinski definition) is 4. The number of primary amides is 1. The first-order valence-corrected chi connectivity index (χ1v) is 6.11. The summed E-state index contributed by atoms with van der Waals surface area (Å²) in [5.41, 5.74) is 5.05. The van der Waals surface area contributed by atoms with Crippen LogP contribution in [0.2, 0.25) is 0 Å². The number of aliphatic carboxylic acids is 1. The van der Waals surface area contributed by atoms with E-state index in [0.29, 0.717) is 24.1 Å². The summed E-state index contributed by atoms with van der Waals surface area (Å²) in [4.78, 5) is 33.5. The van der Waals surface area contributed by atoms with E-state index in [1.165, 1.54) is 12.1 Å². The van der Waals surface area contributed by atoms with Crippen LogP contribution in [-0.4, -0.2) is 29.6 Å². The summed E-state index contributed by atoms with van der Waals surface area (Å²) in [7, 11) is 0. The van der Waals surface area contributed by atoms with Gasteiger partial charge in [-0.15, -0.1) is 0 Å². The summed E-state index contributed by atoms with van der Waals surface area (Å²) in [6, 6.07) is 5.47. The Balaban J connectivity index is 1.93. The second-order valence-electron chi connectivity index (χ2n) is 4.83. The average molecular weight is 277 g/mol. The standard InChI is InChI=1S/C13H15N3O4/c14-12(20)16-9-3-1-8(2-4-9)10(17)15-7-13(5-6-13)11(18)19/h1-4H,5-7H2,(H,15,17)(H,18,19)(H3,14,16,20). The van der Waals surface area contributed by atoms with Gasteiger partial charge in [-0.1, -0.05) is 0 Å². The number of carboxylic acid groups (broad SMARTS) is 1. The molecule has 2 rings (SSSR count). The van der Waals surface area contributed by atoms with Crippen molar-refractivity contribution >= 4 is 23.6 Å². The molecule has 106 valence electrons. The highest BCUT2D eigenvalue weighted by Crippen LogP contribution is 2.45. The quantitative estimate of drug-likeness (QED) is 0.635. The highest BCUT2D eigenvalue weighted by molar-refractivity contribution is 5.95. The number of amides is 3. The molecule has 0 aliphatic heterocycles. The lowest BCUT2D eigenvalue weighted by Gasteiger charge is -2.11. The third-order valence-corrected chi connectivity index (χ3v) is 3.31. The first-order valence-electron chi connectivity index (χ1n) is 6.11. The van der Waals surface area contributed by atoms with E-state index >= 15 is 0 Å². The van der Waals surface area contributed by atoms with Crippen LogP contribution in [0, 0.1) is 5.41 Å². The number of hydrogen-bond acceptors (Lipinski definition) is 3. The topological polar surface area (TPSA) is 122 Å². The molecule has 1 aromatic rings. The van der Waals surface area contributed by atoms with Crippen molar-refractivity contribution in [2.45, 2.75) is 12.8 Å². The van der Waals surface area contributed by atoms with Crippen molar-refractivity contribution in [1.82, 2.24) is 5.32 Å². The minimum Gasteiger partial charge on any atom is -0.481 e. The zero-order valence-corrected chi connectivity index (χ0v) is 10.7. The molecule has 1 aromatic carbocycles. The molecule has 0 heterocycles. The first kappa shape index (κ1) is 13.9. The van der Waals surface area contributed by atoms with Crippen LogP contribution >= 0.6 is 0 Å². The molecule has 1 saturated carbocycles. The van der Waals surface area contributed by atoms with Gasteiger partial charge in [0.05, 0.1) is 5.41 Å². The minimum atomic E-state index is -0.876. The summed E-state index contributed by atoms with van der Waals surface area (Å²) in [5.74, 6) is -1.22. The van der Waals surface area contributed by atoms with Crippen molar-refractivity contribution in [2.75, 3.05) is 11.9 Å². The Morgan fingerprint density at radius 2 is 1.80 bits per heavy atom. The summed E-state index contributed by atoms with van der Waals surface area (Å²) >= 11 is 0.